The first kappa shape index (κ1) is 18.3. The molecule has 2 saturated heterocycles. The van der Waals surface area contributed by atoms with Crippen LogP contribution in [0.2, 0.25) is 0 Å². The molecule has 7 nitrogen and oxygen atoms in total. The number of benzene rings is 1. The predicted octanol–water partition coefficient (Wildman–Crippen LogP) is 1.71. The van der Waals surface area contributed by atoms with Crippen LogP contribution in [0.3, 0.4) is 0 Å². The van der Waals surface area contributed by atoms with Gasteiger partial charge in [-0.1, -0.05) is 13.3 Å². The van der Waals surface area contributed by atoms with Crippen LogP contribution in [-0.2, 0) is 24.8 Å². The van der Waals surface area contributed by atoms with Crippen molar-refractivity contribution in [3.05, 3.63) is 24.3 Å². The number of carbonyl (C=O) groups is 1. The van der Waals surface area contributed by atoms with E-state index < -0.39 is 26.0 Å². The normalized spacial score (nSPS) is 24.6. The molecule has 25 heavy (non-hydrogen) atoms. The van der Waals surface area contributed by atoms with Crippen molar-refractivity contribution in [2.75, 3.05) is 16.6 Å². The Labute approximate surface area is 148 Å². The third-order valence-electron chi connectivity index (χ3n) is 4.80. The Bertz CT molecular complexity index is 862. The molecule has 138 valence electrons. The van der Waals surface area contributed by atoms with Crippen LogP contribution in [0.5, 0.6) is 0 Å². The number of anilines is 1. The van der Waals surface area contributed by atoms with Gasteiger partial charge in [-0.15, -0.1) is 0 Å². The summed E-state index contributed by atoms with van der Waals surface area (Å²) in [6.07, 6.45) is 3.44. The van der Waals surface area contributed by atoms with E-state index >= 15 is 0 Å². The molecule has 1 atom stereocenters. The summed E-state index contributed by atoms with van der Waals surface area (Å²) in [6.45, 7) is 2.48. The van der Waals surface area contributed by atoms with Gasteiger partial charge in [-0.2, -0.15) is 4.31 Å². The first-order chi connectivity index (χ1) is 11.8. The number of hydrogen-bond donors (Lipinski definition) is 0. The largest absolute Gasteiger partial charge is 0.273 e. The van der Waals surface area contributed by atoms with Crippen LogP contribution in [0.4, 0.5) is 5.69 Å². The molecule has 1 aromatic rings. The molecular weight excluding hydrogens is 364 g/mol. The molecule has 0 saturated carbocycles. The lowest BCUT2D eigenvalue weighted by molar-refractivity contribution is -0.116. The van der Waals surface area contributed by atoms with E-state index in [1.807, 2.05) is 6.92 Å². The average Bonchev–Trinajstić information content (AvgIpc) is 2.87. The highest BCUT2D eigenvalue weighted by Crippen LogP contribution is 2.30. The van der Waals surface area contributed by atoms with Crippen LogP contribution >= 0.6 is 0 Å². The van der Waals surface area contributed by atoms with Gasteiger partial charge >= 0.3 is 0 Å². The van der Waals surface area contributed by atoms with Gasteiger partial charge in [0.05, 0.1) is 16.3 Å². The van der Waals surface area contributed by atoms with Crippen molar-refractivity contribution in [1.29, 1.82) is 0 Å². The van der Waals surface area contributed by atoms with Crippen molar-refractivity contribution < 1.29 is 21.6 Å². The van der Waals surface area contributed by atoms with Crippen molar-refractivity contribution in [3.63, 3.8) is 0 Å². The smallest absolute Gasteiger partial charge is 0.243 e. The van der Waals surface area contributed by atoms with Crippen LogP contribution in [0, 0.1) is 0 Å². The number of rotatable bonds is 4. The molecule has 3 rings (SSSR count). The molecule has 2 heterocycles. The zero-order chi connectivity index (χ0) is 18.2. The van der Waals surface area contributed by atoms with E-state index in [4.69, 9.17) is 0 Å². The molecular formula is C16H22N2O5S2. The van der Waals surface area contributed by atoms with E-state index in [9.17, 15) is 21.6 Å². The fraction of sp³-hybridized carbons (Fsp3) is 0.562. The fourth-order valence-corrected chi connectivity index (χ4v) is 6.68. The third-order valence-corrected chi connectivity index (χ3v) is 8.46. The lowest BCUT2D eigenvalue weighted by atomic mass is 10.0. The summed E-state index contributed by atoms with van der Waals surface area (Å²) in [5.41, 5.74) is 0.187. The second kappa shape index (κ2) is 6.69. The van der Waals surface area contributed by atoms with Gasteiger partial charge in [0.1, 0.15) is 0 Å². The lowest BCUT2D eigenvalue weighted by Gasteiger charge is -2.34. The summed E-state index contributed by atoms with van der Waals surface area (Å²) in [5.74, 6) is -0.699. The van der Waals surface area contributed by atoms with Gasteiger partial charge in [0, 0.05) is 19.0 Å². The van der Waals surface area contributed by atoms with E-state index in [0.717, 1.165) is 30.0 Å². The molecule has 2 fully saturated rings. The number of piperidine rings is 1. The Hall–Kier alpha value is -1.45. The molecule has 0 spiro atoms. The van der Waals surface area contributed by atoms with Crippen LogP contribution in [0.25, 0.3) is 0 Å². The molecule has 1 amide bonds. The Morgan fingerprint density at radius 3 is 2.40 bits per heavy atom. The van der Waals surface area contributed by atoms with Crippen molar-refractivity contribution in [2.24, 2.45) is 0 Å². The zero-order valence-electron chi connectivity index (χ0n) is 14.1. The molecule has 1 unspecified atom stereocenters. The number of hydrogen-bond acceptors (Lipinski definition) is 5. The first-order valence-corrected chi connectivity index (χ1v) is 11.5. The molecule has 2 aliphatic heterocycles. The zero-order valence-corrected chi connectivity index (χ0v) is 15.7. The second-order valence-electron chi connectivity index (χ2n) is 6.39. The first-order valence-electron chi connectivity index (χ1n) is 8.45. The molecule has 9 heteroatoms. The van der Waals surface area contributed by atoms with Gasteiger partial charge < -0.3 is 0 Å². The maximum Gasteiger partial charge on any atom is 0.243 e. The molecule has 0 aliphatic carbocycles. The third kappa shape index (κ3) is 3.32. The summed E-state index contributed by atoms with van der Waals surface area (Å²) < 4.78 is 52.0. The van der Waals surface area contributed by atoms with Gasteiger partial charge in [0.25, 0.3) is 0 Å². The van der Waals surface area contributed by atoms with E-state index in [2.05, 4.69) is 0 Å². The van der Waals surface area contributed by atoms with Crippen molar-refractivity contribution in [1.82, 2.24) is 4.31 Å². The standard InChI is InChI=1S/C16H22N2O5S2/c1-2-13-5-3-4-11-17(13)25(22,23)15-8-6-14(7-9-15)18-16(19)10-12-24(18,20)21/h6-9,13H,2-5,10-12H2,1H3. The molecule has 2 aliphatic rings. The lowest BCUT2D eigenvalue weighted by Crippen LogP contribution is -2.43. The SMILES string of the molecule is CCC1CCCCN1S(=O)(=O)c1ccc(N2C(=O)CCS2(=O)=O)cc1. The Kier molecular flexibility index (Phi) is 4.91. The Morgan fingerprint density at radius 2 is 1.84 bits per heavy atom. The number of carbonyl (C=O) groups excluding carboxylic acids is 1. The molecule has 0 bridgehead atoms. The topological polar surface area (TPSA) is 91.8 Å². The van der Waals surface area contributed by atoms with E-state index in [-0.39, 0.29) is 28.8 Å². The highest BCUT2D eigenvalue weighted by atomic mass is 32.2. The van der Waals surface area contributed by atoms with E-state index in [0.29, 0.717) is 6.54 Å². The second-order valence-corrected chi connectivity index (χ2v) is 10.2. The highest BCUT2D eigenvalue weighted by Gasteiger charge is 2.37. The fourth-order valence-electron chi connectivity index (χ4n) is 3.46. The molecule has 0 radical (unpaired) electrons. The summed E-state index contributed by atoms with van der Waals surface area (Å²) in [7, 11) is -7.27. The maximum absolute atomic E-state index is 12.9. The summed E-state index contributed by atoms with van der Waals surface area (Å²) >= 11 is 0. The van der Waals surface area contributed by atoms with E-state index in [1.54, 1.807) is 4.31 Å². The van der Waals surface area contributed by atoms with E-state index in [1.165, 1.54) is 24.3 Å². The molecule has 0 aromatic heterocycles. The van der Waals surface area contributed by atoms with Gasteiger partial charge in [0.2, 0.25) is 26.0 Å². The summed E-state index contributed by atoms with van der Waals surface area (Å²) in [4.78, 5) is 11.9. The minimum Gasteiger partial charge on any atom is -0.273 e. The van der Waals surface area contributed by atoms with Crippen LogP contribution in [0.1, 0.15) is 39.0 Å². The minimum atomic E-state index is -3.65. The van der Waals surface area contributed by atoms with Gasteiger partial charge in [0.15, 0.2) is 0 Å². The average molecular weight is 386 g/mol. The quantitative estimate of drug-likeness (QED) is 0.785. The molecule has 1 aromatic carbocycles. The minimum absolute atomic E-state index is 0.000959. The molecule has 0 N–H and O–H groups in total. The van der Waals surface area contributed by atoms with Gasteiger partial charge in [-0.3, -0.25) is 4.79 Å². The van der Waals surface area contributed by atoms with Crippen LogP contribution in [-0.4, -0.2) is 45.4 Å². The number of amides is 1. The number of nitrogens with zero attached hydrogens (tertiary/aromatic N) is 2. The Morgan fingerprint density at radius 1 is 1.16 bits per heavy atom. The number of sulfonamides is 2. The maximum atomic E-state index is 12.9. The highest BCUT2D eigenvalue weighted by molar-refractivity contribution is 7.94. The van der Waals surface area contributed by atoms with Crippen LogP contribution < -0.4 is 4.31 Å². The van der Waals surface area contributed by atoms with Gasteiger partial charge in [-0.05, 0) is 43.5 Å². The monoisotopic (exact) mass is 386 g/mol. The van der Waals surface area contributed by atoms with Crippen molar-refractivity contribution >= 4 is 31.6 Å². The Balaban J connectivity index is 1.90. The predicted molar refractivity (Wildman–Crippen MR) is 94.2 cm³/mol. The summed E-state index contributed by atoms with van der Waals surface area (Å²) in [5, 5.41) is 0. The van der Waals surface area contributed by atoms with Crippen LogP contribution in [0.15, 0.2) is 29.2 Å². The van der Waals surface area contributed by atoms with Crippen molar-refractivity contribution in [2.45, 2.75) is 50.0 Å². The van der Waals surface area contributed by atoms with Gasteiger partial charge in [-0.25, -0.2) is 21.1 Å². The van der Waals surface area contributed by atoms with Crippen molar-refractivity contribution in [3.8, 4) is 0 Å². The summed E-state index contributed by atoms with van der Waals surface area (Å²) in [6, 6.07) is 5.54.